The van der Waals surface area contributed by atoms with E-state index < -0.39 is 16.1 Å². The minimum Gasteiger partial charge on any atom is -0.379 e. The molecule has 134 valence electrons. The van der Waals surface area contributed by atoms with Gasteiger partial charge in [0.05, 0.1) is 19.0 Å². The Bertz CT molecular complexity index is 630. The van der Waals surface area contributed by atoms with Crippen LogP contribution < -0.4 is 5.32 Å². The summed E-state index contributed by atoms with van der Waals surface area (Å²) in [4.78, 5) is 18.8. The van der Waals surface area contributed by atoms with E-state index in [1.165, 1.54) is 14.1 Å². The van der Waals surface area contributed by atoms with Gasteiger partial charge in [-0.15, -0.1) is 0 Å². The van der Waals surface area contributed by atoms with Crippen molar-refractivity contribution in [2.75, 3.05) is 52.7 Å². The number of carbonyl (C=O) groups excluding carboxylic acids is 1. The summed E-state index contributed by atoms with van der Waals surface area (Å²) in [5, 5.41) is 2.73. The zero-order valence-corrected chi connectivity index (χ0v) is 14.8. The normalized spacial score (nSPS) is 17.6. The Kier molecular flexibility index (Phi) is 6.67. The van der Waals surface area contributed by atoms with E-state index in [1.807, 2.05) is 11.0 Å². The lowest BCUT2D eigenvalue weighted by atomic mass is 10.1. The number of sulfonamides is 1. The van der Waals surface area contributed by atoms with Crippen LogP contribution in [0.1, 0.15) is 11.6 Å². The quantitative estimate of drug-likeness (QED) is 0.706. The summed E-state index contributed by atoms with van der Waals surface area (Å²) in [6.45, 7) is 2.49. The number of morpholine rings is 1. The number of hydrogen-bond acceptors (Lipinski definition) is 6. The summed E-state index contributed by atoms with van der Waals surface area (Å²) in [6, 6.07) is 3.14. The van der Waals surface area contributed by atoms with Gasteiger partial charge in [0, 0.05) is 46.1 Å². The molecule has 1 unspecified atom stereocenters. The number of aromatic nitrogens is 1. The molecular weight excluding hydrogens is 332 g/mol. The SMILES string of the molecule is CN(C)S(=O)(=O)CCNC(=O)C(c1cccnc1)N1CCOCC1. The molecule has 9 heteroatoms. The fourth-order valence-corrected chi connectivity index (χ4v) is 3.21. The average molecular weight is 356 g/mol. The van der Waals surface area contributed by atoms with Crippen molar-refractivity contribution >= 4 is 15.9 Å². The second kappa shape index (κ2) is 8.52. The van der Waals surface area contributed by atoms with E-state index >= 15 is 0 Å². The predicted octanol–water partition coefficient (Wildman–Crippen LogP) is -0.537. The van der Waals surface area contributed by atoms with Crippen LogP contribution in [-0.4, -0.2) is 81.2 Å². The van der Waals surface area contributed by atoms with Crippen molar-refractivity contribution in [2.45, 2.75) is 6.04 Å². The standard InChI is InChI=1S/C15H24N4O4S/c1-18(2)24(21,22)11-6-17-15(20)14(13-4-3-5-16-12-13)19-7-9-23-10-8-19/h3-5,12,14H,6-11H2,1-2H3,(H,17,20). The van der Waals surface area contributed by atoms with Crippen LogP contribution in [0.25, 0.3) is 0 Å². The fraction of sp³-hybridized carbons (Fsp3) is 0.600. The number of carbonyl (C=O) groups is 1. The number of hydrogen-bond donors (Lipinski definition) is 1. The Morgan fingerprint density at radius 2 is 2.12 bits per heavy atom. The molecule has 0 bridgehead atoms. The summed E-state index contributed by atoms with van der Waals surface area (Å²) < 4.78 is 30.1. The third kappa shape index (κ3) is 4.97. The van der Waals surface area contributed by atoms with Crippen LogP contribution in [0.15, 0.2) is 24.5 Å². The first-order valence-corrected chi connectivity index (χ1v) is 9.42. The summed E-state index contributed by atoms with van der Waals surface area (Å²) in [7, 11) is -0.385. The maximum absolute atomic E-state index is 12.7. The van der Waals surface area contributed by atoms with Gasteiger partial charge in [0.25, 0.3) is 0 Å². The van der Waals surface area contributed by atoms with E-state index in [4.69, 9.17) is 4.74 Å². The highest BCUT2D eigenvalue weighted by atomic mass is 32.2. The van der Waals surface area contributed by atoms with Crippen molar-refractivity contribution in [3.8, 4) is 0 Å². The highest BCUT2D eigenvalue weighted by Crippen LogP contribution is 2.21. The van der Waals surface area contributed by atoms with Gasteiger partial charge in [-0.1, -0.05) is 6.07 Å². The van der Waals surface area contributed by atoms with Gasteiger partial charge >= 0.3 is 0 Å². The second-order valence-corrected chi connectivity index (χ2v) is 8.03. The monoisotopic (exact) mass is 356 g/mol. The van der Waals surface area contributed by atoms with Gasteiger partial charge in [-0.25, -0.2) is 12.7 Å². The minimum absolute atomic E-state index is 0.0699. The molecule has 0 radical (unpaired) electrons. The zero-order valence-electron chi connectivity index (χ0n) is 14.0. The first kappa shape index (κ1) is 18.8. The topological polar surface area (TPSA) is 91.8 Å². The maximum Gasteiger partial charge on any atom is 0.242 e. The molecule has 1 aromatic heterocycles. The van der Waals surface area contributed by atoms with Crippen molar-refractivity contribution in [3.63, 3.8) is 0 Å². The van der Waals surface area contributed by atoms with Crippen LogP contribution in [0.2, 0.25) is 0 Å². The average Bonchev–Trinajstić information content (AvgIpc) is 2.57. The van der Waals surface area contributed by atoms with Gasteiger partial charge in [-0.2, -0.15) is 0 Å². The summed E-state index contributed by atoms with van der Waals surface area (Å²) in [6.07, 6.45) is 3.32. The Morgan fingerprint density at radius 3 is 2.71 bits per heavy atom. The first-order valence-electron chi connectivity index (χ1n) is 7.81. The van der Waals surface area contributed by atoms with E-state index in [1.54, 1.807) is 18.5 Å². The van der Waals surface area contributed by atoms with E-state index in [9.17, 15) is 13.2 Å². The highest BCUT2D eigenvalue weighted by molar-refractivity contribution is 7.89. The number of amides is 1. The largest absolute Gasteiger partial charge is 0.379 e. The van der Waals surface area contributed by atoms with Gasteiger partial charge in [0.1, 0.15) is 6.04 Å². The lowest BCUT2D eigenvalue weighted by molar-refractivity contribution is -0.128. The van der Waals surface area contributed by atoms with E-state index in [2.05, 4.69) is 10.3 Å². The zero-order chi connectivity index (χ0) is 17.6. The molecule has 1 amide bonds. The van der Waals surface area contributed by atoms with Crippen molar-refractivity contribution in [1.29, 1.82) is 0 Å². The summed E-state index contributed by atoms with van der Waals surface area (Å²) >= 11 is 0. The molecule has 1 aliphatic rings. The predicted molar refractivity (Wildman–Crippen MR) is 89.9 cm³/mol. The molecule has 0 aromatic carbocycles. The lowest BCUT2D eigenvalue weighted by Crippen LogP contribution is -2.46. The van der Waals surface area contributed by atoms with Crippen molar-refractivity contribution in [1.82, 2.24) is 19.5 Å². The molecule has 8 nitrogen and oxygen atoms in total. The molecule has 1 fully saturated rings. The smallest absolute Gasteiger partial charge is 0.242 e. The van der Waals surface area contributed by atoms with E-state index in [-0.39, 0.29) is 18.2 Å². The molecule has 1 saturated heterocycles. The summed E-state index contributed by atoms with van der Waals surface area (Å²) in [5.74, 6) is -0.354. The van der Waals surface area contributed by atoms with Gasteiger partial charge in [-0.05, 0) is 11.6 Å². The Labute approximate surface area is 142 Å². The van der Waals surface area contributed by atoms with Gasteiger partial charge in [0.2, 0.25) is 15.9 Å². The van der Waals surface area contributed by atoms with Crippen LogP contribution in [0.4, 0.5) is 0 Å². The third-order valence-corrected chi connectivity index (χ3v) is 5.71. The molecule has 2 heterocycles. The van der Waals surface area contributed by atoms with Crippen LogP contribution in [0, 0.1) is 0 Å². The molecule has 2 rings (SSSR count). The first-order chi connectivity index (χ1) is 11.4. The number of nitrogens with zero attached hydrogens (tertiary/aromatic N) is 3. The van der Waals surface area contributed by atoms with Gasteiger partial charge < -0.3 is 10.1 Å². The number of pyridine rings is 1. The molecular formula is C15H24N4O4S. The number of ether oxygens (including phenoxy) is 1. The van der Waals surface area contributed by atoms with Crippen LogP contribution in [-0.2, 0) is 19.6 Å². The molecule has 1 aliphatic heterocycles. The van der Waals surface area contributed by atoms with Crippen molar-refractivity contribution in [2.24, 2.45) is 0 Å². The van der Waals surface area contributed by atoms with Crippen molar-refractivity contribution in [3.05, 3.63) is 30.1 Å². The third-order valence-electron chi connectivity index (χ3n) is 3.87. The minimum atomic E-state index is -3.34. The van der Waals surface area contributed by atoms with Crippen LogP contribution in [0.5, 0.6) is 0 Å². The molecule has 1 atom stereocenters. The maximum atomic E-state index is 12.7. The van der Waals surface area contributed by atoms with Gasteiger partial charge in [0.15, 0.2) is 0 Å². The second-order valence-electron chi connectivity index (χ2n) is 5.73. The molecule has 0 aliphatic carbocycles. The lowest BCUT2D eigenvalue weighted by Gasteiger charge is -2.33. The molecule has 1 N–H and O–H groups in total. The van der Waals surface area contributed by atoms with Crippen LogP contribution >= 0.6 is 0 Å². The Morgan fingerprint density at radius 1 is 1.42 bits per heavy atom. The fourth-order valence-electron chi connectivity index (χ4n) is 2.48. The molecule has 0 saturated carbocycles. The highest BCUT2D eigenvalue weighted by Gasteiger charge is 2.29. The number of nitrogens with one attached hydrogen (secondary N) is 1. The van der Waals surface area contributed by atoms with Crippen LogP contribution in [0.3, 0.4) is 0 Å². The Hall–Kier alpha value is -1.55. The molecule has 24 heavy (non-hydrogen) atoms. The molecule has 1 aromatic rings. The molecule has 0 spiro atoms. The van der Waals surface area contributed by atoms with Gasteiger partial charge in [-0.3, -0.25) is 14.7 Å². The number of rotatable bonds is 7. The summed E-state index contributed by atoms with van der Waals surface area (Å²) in [5.41, 5.74) is 0.785. The van der Waals surface area contributed by atoms with Crippen molar-refractivity contribution < 1.29 is 17.9 Å². The Balaban J connectivity index is 2.05. The van der Waals surface area contributed by atoms with E-state index in [0.29, 0.717) is 26.3 Å². The van der Waals surface area contributed by atoms with E-state index in [0.717, 1.165) is 9.87 Å².